The van der Waals surface area contributed by atoms with Gasteiger partial charge < -0.3 is 5.11 Å². The molecule has 0 fully saturated rings. The van der Waals surface area contributed by atoms with Crippen molar-refractivity contribution in [1.29, 1.82) is 0 Å². The van der Waals surface area contributed by atoms with E-state index in [4.69, 9.17) is 5.11 Å². The molecule has 0 bridgehead atoms. The Labute approximate surface area is 52.7 Å². The van der Waals surface area contributed by atoms with E-state index in [1.54, 1.807) is 6.08 Å². The van der Waals surface area contributed by atoms with Gasteiger partial charge in [0.25, 0.3) is 0 Å². The first kappa shape index (κ1) is 5.84. The Morgan fingerprint density at radius 1 is 1.75 bits per heavy atom. The van der Waals surface area contributed by atoms with Gasteiger partial charge in [-0.15, -0.1) is 0 Å². The molecule has 1 rings (SSSR count). The van der Waals surface area contributed by atoms with E-state index >= 15 is 0 Å². The molecule has 1 aliphatic heterocycles. The van der Waals surface area contributed by atoms with Gasteiger partial charge in [-0.3, -0.25) is 0 Å². The molecule has 8 heavy (non-hydrogen) atoms. The highest BCUT2D eigenvalue weighted by Gasteiger charge is 2.00. The molecule has 40 valence electrons. The summed E-state index contributed by atoms with van der Waals surface area (Å²) < 4.78 is 0. The summed E-state index contributed by atoms with van der Waals surface area (Å²) in [5.74, 6) is 0. The van der Waals surface area contributed by atoms with Crippen LogP contribution in [0.4, 0.5) is 0 Å². The maximum atomic E-state index is 8.98. The molecular formula is C5H6OSi2. The lowest BCUT2D eigenvalue weighted by Crippen LogP contribution is -2.05. The van der Waals surface area contributed by atoms with Crippen LogP contribution in [0.15, 0.2) is 23.6 Å². The largest absolute Gasteiger partial charge is 0.514 e. The minimum atomic E-state index is -0.735. The summed E-state index contributed by atoms with van der Waals surface area (Å²) in [4.78, 5) is 0. The number of allylic oxidation sites excluding steroid dienone is 3. The van der Waals surface area contributed by atoms with Crippen LogP contribution in [0.5, 0.6) is 0 Å². The minimum absolute atomic E-state index is 0.522. The van der Waals surface area contributed by atoms with Crippen LogP contribution >= 0.6 is 0 Å². The van der Waals surface area contributed by atoms with Crippen LogP contribution < -0.4 is 0 Å². The average molecular weight is 138 g/mol. The predicted octanol–water partition coefficient (Wildman–Crippen LogP) is 0.697. The lowest BCUT2D eigenvalue weighted by Gasteiger charge is -2.01. The number of aliphatic hydroxyl groups is 1. The maximum absolute atomic E-state index is 8.98. The van der Waals surface area contributed by atoms with Crippen LogP contribution in [-0.2, 0) is 0 Å². The smallest absolute Gasteiger partial charge is 0.0855 e. The maximum Gasteiger partial charge on any atom is 0.0855 e. The van der Waals surface area contributed by atoms with E-state index in [2.05, 4.69) is 15.4 Å². The molecule has 0 aromatic heterocycles. The van der Waals surface area contributed by atoms with Crippen molar-refractivity contribution in [2.45, 2.75) is 6.04 Å². The molecule has 1 N–H and O–H groups in total. The van der Waals surface area contributed by atoms with E-state index in [1.807, 2.05) is 6.08 Å². The summed E-state index contributed by atoms with van der Waals surface area (Å²) in [7, 11) is 2.70. The van der Waals surface area contributed by atoms with Crippen molar-refractivity contribution in [2.24, 2.45) is 0 Å². The molecule has 0 aliphatic carbocycles. The number of hydrogen-bond donors (Lipinski definition) is 1. The Morgan fingerprint density at radius 2 is 2.50 bits per heavy atom. The Balaban J connectivity index is 2.80. The van der Waals surface area contributed by atoms with Crippen LogP contribution in [0, 0.1) is 0 Å². The van der Waals surface area contributed by atoms with Gasteiger partial charge in [-0.2, -0.15) is 0 Å². The predicted molar refractivity (Wildman–Crippen MR) is 36.2 cm³/mol. The van der Waals surface area contributed by atoms with E-state index in [9.17, 15) is 0 Å². The number of hydrogen-bond acceptors (Lipinski definition) is 1. The van der Waals surface area contributed by atoms with Crippen molar-refractivity contribution in [3.8, 4) is 0 Å². The van der Waals surface area contributed by atoms with Gasteiger partial charge >= 0.3 is 0 Å². The molecule has 0 spiro atoms. The van der Waals surface area contributed by atoms with E-state index in [1.165, 1.54) is 0 Å². The summed E-state index contributed by atoms with van der Waals surface area (Å²) in [6.07, 6.45) is 5.68. The van der Waals surface area contributed by atoms with Crippen molar-refractivity contribution in [2.75, 3.05) is 0 Å². The Morgan fingerprint density at radius 3 is 2.88 bits per heavy atom. The van der Waals surface area contributed by atoms with Crippen molar-refractivity contribution in [3.63, 3.8) is 0 Å². The van der Waals surface area contributed by atoms with Crippen molar-refractivity contribution >= 4 is 17.2 Å². The summed E-state index contributed by atoms with van der Waals surface area (Å²) in [5, 5.41) is 9.51. The fraction of sp³-hybridized carbons (Fsp3) is 0.200. The fourth-order valence-corrected chi connectivity index (χ4v) is 2.03. The van der Waals surface area contributed by atoms with Crippen molar-refractivity contribution in [1.82, 2.24) is 0 Å². The molecule has 0 atom stereocenters. The molecule has 3 heteroatoms. The topological polar surface area (TPSA) is 20.2 Å². The van der Waals surface area contributed by atoms with E-state index in [-0.39, 0.29) is 0 Å². The zero-order chi connectivity index (χ0) is 5.98. The Kier molecular flexibility index (Phi) is 1.70. The molecule has 1 heterocycles. The van der Waals surface area contributed by atoms with Gasteiger partial charge in [-0.05, 0) is 12.1 Å². The Bertz CT molecular complexity index is 169. The van der Waals surface area contributed by atoms with E-state index < -0.39 is 7.89 Å². The van der Waals surface area contributed by atoms with Gasteiger partial charge in [0.05, 0.1) is 13.3 Å². The van der Waals surface area contributed by atoms with Gasteiger partial charge in [0, 0.05) is 9.34 Å². The van der Waals surface area contributed by atoms with E-state index in [0.717, 1.165) is 6.04 Å². The van der Waals surface area contributed by atoms with Crippen LogP contribution in [-0.4, -0.2) is 22.3 Å². The number of aliphatic hydroxyl groups excluding tert-OH is 1. The molecule has 1 nitrogen and oxygen atoms in total. The molecule has 0 unspecified atom stereocenters. The molecule has 0 saturated heterocycles. The average Bonchev–Trinajstić information content (AvgIpc) is 1.77. The van der Waals surface area contributed by atoms with Crippen LogP contribution in [0.1, 0.15) is 0 Å². The first-order valence-corrected chi connectivity index (χ1v) is 5.65. The molecular weight excluding hydrogens is 132 g/mol. The first-order valence-electron chi connectivity index (χ1n) is 2.44. The second-order valence-electron chi connectivity index (χ2n) is 1.66. The van der Waals surface area contributed by atoms with Gasteiger partial charge in [-0.25, -0.2) is 0 Å². The SMILES string of the molecule is OC1=CC=CC[Si]1=[Si]. The van der Waals surface area contributed by atoms with Crippen LogP contribution in [0.3, 0.4) is 0 Å². The summed E-state index contributed by atoms with van der Waals surface area (Å²) in [6, 6.07) is 0.990. The summed E-state index contributed by atoms with van der Waals surface area (Å²) >= 11 is 0. The Hall–Kier alpha value is -0.286. The summed E-state index contributed by atoms with van der Waals surface area (Å²) in [5.41, 5.74) is 0. The lowest BCUT2D eigenvalue weighted by atomic mass is 10.5. The third-order valence-electron chi connectivity index (χ3n) is 1.02. The lowest BCUT2D eigenvalue weighted by molar-refractivity contribution is 0.448. The highest BCUT2D eigenvalue weighted by molar-refractivity contribution is 6.82. The van der Waals surface area contributed by atoms with Gasteiger partial charge in [-0.1, -0.05) is 12.2 Å². The van der Waals surface area contributed by atoms with Crippen molar-refractivity contribution in [3.05, 3.63) is 23.6 Å². The van der Waals surface area contributed by atoms with Crippen LogP contribution in [0.2, 0.25) is 6.04 Å². The third kappa shape index (κ3) is 1.11. The molecule has 2 radical (unpaired) electrons. The third-order valence-corrected chi connectivity index (χ3v) is 3.83. The quantitative estimate of drug-likeness (QED) is 0.488. The summed E-state index contributed by atoms with van der Waals surface area (Å²) in [6.45, 7) is 0. The highest BCUT2D eigenvalue weighted by Crippen LogP contribution is 2.01. The second kappa shape index (κ2) is 2.32. The zero-order valence-corrected chi connectivity index (χ0v) is 6.39. The fourth-order valence-electron chi connectivity index (χ4n) is 0.550. The first-order chi connectivity index (χ1) is 3.80. The van der Waals surface area contributed by atoms with Gasteiger partial charge in [0.1, 0.15) is 0 Å². The molecule has 1 aliphatic rings. The van der Waals surface area contributed by atoms with Gasteiger partial charge in [0.2, 0.25) is 0 Å². The zero-order valence-electron chi connectivity index (χ0n) is 4.39. The molecule has 0 aromatic carbocycles. The highest BCUT2D eigenvalue weighted by atomic mass is 28.9. The standard InChI is InChI=1S/C5H6OSi2/c6-5-3-1-2-4-8(5)7/h1-3,6H,4H2. The second-order valence-corrected chi connectivity index (χ2v) is 5.35. The van der Waals surface area contributed by atoms with Gasteiger partial charge in [0.15, 0.2) is 0 Å². The van der Waals surface area contributed by atoms with Crippen LogP contribution in [0.25, 0.3) is 0 Å². The molecule has 0 amide bonds. The van der Waals surface area contributed by atoms with Crippen molar-refractivity contribution < 1.29 is 5.11 Å². The number of rotatable bonds is 0. The minimum Gasteiger partial charge on any atom is -0.514 e. The molecule has 0 aromatic rings. The molecule has 0 saturated carbocycles. The monoisotopic (exact) mass is 138 g/mol. The normalized spacial score (nSPS) is 18.5. The van der Waals surface area contributed by atoms with E-state index in [0.29, 0.717) is 5.38 Å².